The van der Waals surface area contributed by atoms with Gasteiger partial charge in [0.25, 0.3) is 0 Å². The Balaban J connectivity index is 1.81. The van der Waals surface area contributed by atoms with E-state index >= 15 is 0 Å². The first-order chi connectivity index (χ1) is 13.4. The maximum absolute atomic E-state index is 12.6. The third-order valence-electron chi connectivity index (χ3n) is 5.11. The van der Waals surface area contributed by atoms with Gasteiger partial charge in [-0.1, -0.05) is 44.4 Å². The van der Waals surface area contributed by atoms with Crippen molar-refractivity contribution in [2.24, 2.45) is 5.92 Å². The number of nitrogens with zero attached hydrogens (tertiary/aromatic N) is 2. The highest BCUT2D eigenvalue weighted by Gasteiger charge is 2.27. The Labute approximate surface area is 174 Å². The Morgan fingerprint density at radius 3 is 2.36 bits per heavy atom. The lowest BCUT2D eigenvalue weighted by Crippen LogP contribution is -2.50. The first kappa shape index (κ1) is 23.0. The van der Waals surface area contributed by atoms with Crippen LogP contribution in [0.15, 0.2) is 24.3 Å². The number of nitrogens with one attached hydrogen (secondary N) is 1. The van der Waals surface area contributed by atoms with Crippen LogP contribution in [0.4, 0.5) is 5.69 Å². The highest BCUT2D eigenvalue weighted by Crippen LogP contribution is 2.21. The molecule has 0 unspecified atom stereocenters. The summed E-state index contributed by atoms with van der Waals surface area (Å²) in [5.41, 5.74) is 1.01. The number of sulfonamides is 1. The molecule has 1 fully saturated rings. The van der Waals surface area contributed by atoms with Gasteiger partial charge in [0.05, 0.1) is 5.75 Å². The van der Waals surface area contributed by atoms with Gasteiger partial charge in [0.2, 0.25) is 15.9 Å². The van der Waals surface area contributed by atoms with Crippen molar-refractivity contribution in [1.29, 1.82) is 0 Å². The zero-order valence-electron chi connectivity index (χ0n) is 16.9. The van der Waals surface area contributed by atoms with E-state index in [1.165, 1.54) is 4.31 Å². The predicted molar refractivity (Wildman–Crippen MR) is 115 cm³/mol. The Bertz CT molecular complexity index is 728. The molecule has 1 saturated heterocycles. The van der Waals surface area contributed by atoms with E-state index in [1.54, 1.807) is 0 Å². The predicted octanol–water partition coefficient (Wildman–Crippen LogP) is 3.12. The Kier molecular flexibility index (Phi) is 9.05. The molecule has 0 saturated carbocycles. The molecule has 158 valence electrons. The van der Waals surface area contributed by atoms with Crippen LogP contribution in [0.2, 0.25) is 5.02 Å². The van der Waals surface area contributed by atoms with Crippen LogP contribution in [-0.4, -0.2) is 57.1 Å². The lowest BCUT2D eigenvalue weighted by atomic mass is 9.97. The summed E-state index contributed by atoms with van der Waals surface area (Å²) in [6.07, 6.45) is 3.59. The SMILES string of the molecule is CCCC(CCC)C(=O)NCCS(=O)(=O)N1CCN(c2cccc(Cl)c2)CC1. The molecule has 6 nitrogen and oxygen atoms in total. The van der Waals surface area contributed by atoms with Gasteiger partial charge in [0, 0.05) is 49.4 Å². The Morgan fingerprint density at radius 2 is 1.79 bits per heavy atom. The second-order valence-corrected chi connectivity index (χ2v) is 9.77. The fourth-order valence-electron chi connectivity index (χ4n) is 3.58. The van der Waals surface area contributed by atoms with Crippen LogP contribution < -0.4 is 10.2 Å². The van der Waals surface area contributed by atoms with Crippen LogP contribution >= 0.6 is 11.6 Å². The molecule has 28 heavy (non-hydrogen) atoms. The molecule has 0 bridgehead atoms. The van der Waals surface area contributed by atoms with Crippen LogP contribution in [0.5, 0.6) is 0 Å². The van der Waals surface area contributed by atoms with Gasteiger partial charge < -0.3 is 10.2 Å². The number of piperazine rings is 1. The number of hydrogen-bond acceptors (Lipinski definition) is 4. The summed E-state index contributed by atoms with van der Waals surface area (Å²) in [6.45, 7) is 6.42. The topological polar surface area (TPSA) is 69.7 Å². The monoisotopic (exact) mass is 429 g/mol. The fraction of sp³-hybridized carbons (Fsp3) is 0.650. The number of carbonyl (C=O) groups is 1. The number of rotatable bonds is 10. The van der Waals surface area contributed by atoms with Crippen LogP contribution in [-0.2, 0) is 14.8 Å². The molecule has 0 aliphatic carbocycles. The van der Waals surface area contributed by atoms with E-state index in [2.05, 4.69) is 24.1 Å². The van der Waals surface area contributed by atoms with Crippen molar-refractivity contribution in [1.82, 2.24) is 9.62 Å². The van der Waals surface area contributed by atoms with Crippen LogP contribution in [0.1, 0.15) is 39.5 Å². The molecule has 0 atom stereocenters. The van der Waals surface area contributed by atoms with Gasteiger partial charge in [0.1, 0.15) is 0 Å². The zero-order chi connectivity index (χ0) is 20.6. The van der Waals surface area contributed by atoms with E-state index in [-0.39, 0.29) is 24.1 Å². The van der Waals surface area contributed by atoms with E-state index in [4.69, 9.17) is 11.6 Å². The average molecular weight is 430 g/mol. The van der Waals surface area contributed by atoms with Crippen molar-refractivity contribution in [3.05, 3.63) is 29.3 Å². The highest BCUT2D eigenvalue weighted by molar-refractivity contribution is 7.89. The fourth-order valence-corrected chi connectivity index (χ4v) is 5.10. The quantitative estimate of drug-likeness (QED) is 0.620. The summed E-state index contributed by atoms with van der Waals surface area (Å²) >= 11 is 6.04. The molecule has 0 spiro atoms. The summed E-state index contributed by atoms with van der Waals surface area (Å²) in [6, 6.07) is 7.60. The van der Waals surface area contributed by atoms with Crippen molar-refractivity contribution in [3.63, 3.8) is 0 Å². The average Bonchev–Trinajstić information content (AvgIpc) is 2.67. The Hall–Kier alpha value is -1.31. The number of benzene rings is 1. The summed E-state index contributed by atoms with van der Waals surface area (Å²) in [5, 5.41) is 3.49. The third kappa shape index (κ3) is 6.64. The minimum absolute atomic E-state index is 0.0149. The smallest absolute Gasteiger partial charge is 0.223 e. The number of amides is 1. The number of hydrogen-bond donors (Lipinski definition) is 1. The van der Waals surface area contributed by atoms with Crippen molar-refractivity contribution >= 4 is 33.2 Å². The molecule has 2 rings (SSSR count). The first-order valence-corrected chi connectivity index (χ1v) is 12.1. The van der Waals surface area contributed by atoms with Gasteiger partial charge in [0.15, 0.2) is 0 Å². The molecule has 8 heteroatoms. The van der Waals surface area contributed by atoms with E-state index in [0.717, 1.165) is 31.4 Å². The lowest BCUT2D eigenvalue weighted by molar-refractivity contribution is -0.125. The van der Waals surface area contributed by atoms with Gasteiger partial charge in [-0.25, -0.2) is 8.42 Å². The number of halogens is 1. The van der Waals surface area contributed by atoms with Crippen LogP contribution in [0.25, 0.3) is 0 Å². The number of anilines is 1. The summed E-state index contributed by atoms with van der Waals surface area (Å²) in [7, 11) is -3.38. The van der Waals surface area contributed by atoms with Gasteiger partial charge in [-0.05, 0) is 31.0 Å². The van der Waals surface area contributed by atoms with E-state index in [1.807, 2.05) is 24.3 Å². The molecule has 1 N–H and O–H groups in total. The standard InChI is InChI=1S/C20H32ClN3O3S/c1-3-6-17(7-4-2)20(25)22-10-15-28(26,27)24-13-11-23(12-14-24)19-9-5-8-18(21)16-19/h5,8-9,16-17H,3-4,6-7,10-15H2,1-2H3,(H,22,25). The molecule has 0 radical (unpaired) electrons. The van der Waals surface area contributed by atoms with Gasteiger partial charge in [-0.2, -0.15) is 4.31 Å². The lowest BCUT2D eigenvalue weighted by Gasteiger charge is -2.35. The summed E-state index contributed by atoms with van der Waals surface area (Å²) < 4.78 is 26.8. The molecule has 1 aromatic rings. The molecular formula is C20H32ClN3O3S. The van der Waals surface area contributed by atoms with Crippen molar-refractivity contribution < 1.29 is 13.2 Å². The van der Waals surface area contributed by atoms with Crippen LogP contribution in [0, 0.1) is 5.92 Å². The molecule has 1 aliphatic rings. The first-order valence-electron chi connectivity index (χ1n) is 10.1. The zero-order valence-corrected chi connectivity index (χ0v) is 18.4. The molecule has 1 aromatic carbocycles. The second kappa shape index (κ2) is 11.0. The molecular weight excluding hydrogens is 398 g/mol. The maximum atomic E-state index is 12.6. The minimum Gasteiger partial charge on any atom is -0.369 e. The van der Waals surface area contributed by atoms with E-state index < -0.39 is 10.0 Å². The van der Waals surface area contributed by atoms with E-state index in [0.29, 0.717) is 31.2 Å². The molecule has 1 heterocycles. The van der Waals surface area contributed by atoms with E-state index in [9.17, 15) is 13.2 Å². The van der Waals surface area contributed by atoms with Crippen LogP contribution in [0.3, 0.4) is 0 Å². The van der Waals surface area contributed by atoms with Gasteiger partial charge in [-0.3, -0.25) is 4.79 Å². The largest absolute Gasteiger partial charge is 0.369 e. The molecule has 1 amide bonds. The highest BCUT2D eigenvalue weighted by atomic mass is 35.5. The minimum atomic E-state index is -3.38. The van der Waals surface area contributed by atoms with Crippen molar-refractivity contribution in [2.45, 2.75) is 39.5 Å². The molecule has 1 aliphatic heterocycles. The summed E-state index contributed by atoms with van der Waals surface area (Å²) in [4.78, 5) is 14.4. The van der Waals surface area contributed by atoms with Gasteiger partial charge >= 0.3 is 0 Å². The van der Waals surface area contributed by atoms with Gasteiger partial charge in [-0.15, -0.1) is 0 Å². The van der Waals surface area contributed by atoms with Crippen molar-refractivity contribution in [2.75, 3.05) is 43.4 Å². The van der Waals surface area contributed by atoms with Crippen molar-refractivity contribution in [3.8, 4) is 0 Å². The number of carbonyl (C=O) groups excluding carboxylic acids is 1. The molecule has 0 aromatic heterocycles. The normalized spacial score (nSPS) is 15.8. The third-order valence-corrected chi connectivity index (χ3v) is 7.22. The maximum Gasteiger partial charge on any atom is 0.223 e. The summed E-state index contributed by atoms with van der Waals surface area (Å²) in [5.74, 6) is -0.0930. The second-order valence-electron chi connectivity index (χ2n) is 7.25. The Morgan fingerprint density at radius 1 is 1.14 bits per heavy atom.